The lowest BCUT2D eigenvalue weighted by Crippen LogP contribution is -2.34. The van der Waals surface area contributed by atoms with Gasteiger partial charge >= 0.3 is 5.97 Å². The molecule has 31 heavy (non-hydrogen) atoms. The van der Waals surface area contributed by atoms with E-state index in [0.717, 1.165) is 31.7 Å². The Labute approximate surface area is 188 Å². The lowest BCUT2D eigenvalue weighted by Gasteiger charge is -2.30. The maximum atomic E-state index is 14.4. The van der Waals surface area contributed by atoms with E-state index < -0.39 is 22.4 Å². The summed E-state index contributed by atoms with van der Waals surface area (Å²) in [4.78, 5) is 36.1. The molecule has 0 bridgehead atoms. The van der Waals surface area contributed by atoms with Crippen molar-refractivity contribution >= 4 is 58.2 Å². The molecular weight excluding hydrogens is 448 g/mol. The number of carbonyl (C=O) groups is 2. The number of amides is 1. The Bertz CT molecular complexity index is 1060. The molecule has 11 heteroatoms. The van der Waals surface area contributed by atoms with Crippen LogP contribution in [-0.4, -0.2) is 46.6 Å². The molecular formula is C20H20Cl2FN5O3. The van der Waals surface area contributed by atoms with Crippen LogP contribution in [0.2, 0.25) is 10.0 Å². The molecule has 1 aromatic heterocycles. The molecule has 2 heterocycles. The Morgan fingerprint density at radius 3 is 2.71 bits per heavy atom. The second-order valence-electron chi connectivity index (χ2n) is 7.58. The highest BCUT2D eigenvalue weighted by Gasteiger charge is 2.32. The summed E-state index contributed by atoms with van der Waals surface area (Å²) in [5.74, 6) is -1.89. The van der Waals surface area contributed by atoms with Crippen molar-refractivity contribution in [2.24, 2.45) is 0 Å². The van der Waals surface area contributed by atoms with Crippen molar-refractivity contribution in [2.45, 2.75) is 38.1 Å². The Morgan fingerprint density at radius 1 is 1.32 bits per heavy atom. The van der Waals surface area contributed by atoms with Crippen LogP contribution in [0.5, 0.6) is 0 Å². The van der Waals surface area contributed by atoms with Crippen molar-refractivity contribution in [3.8, 4) is 0 Å². The smallest absolute Gasteiger partial charge is 0.338 e. The van der Waals surface area contributed by atoms with Gasteiger partial charge in [-0.1, -0.05) is 36.0 Å². The van der Waals surface area contributed by atoms with Crippen molar-refractivity contribution in [1.82, 2.24) is 9.97 Å². The first-order valence-electron chi connectivity index (χ1n) is 9.86. The van der Waals surface area contributed by atoms with Crippen LogP contribution in [0.1, 0.15) is 42.5 Å². The van der Waals surface area contributed by atoms with Crippen LogP contribution in [0.3, 0.4) is 0 Å². The number of aromatic carboxylic acids is 1. The molecule has 1 aromatic carbocycles. The molecule has 0 atom stereocenters. The number of nitrogens with zero attached hydrogens (tertiary/aromatic N) is 4. The van der Waals surface area contributed by atoms with Gasteiger partial charge in [-0.3, -0.25) is 4.79 Å². The van der Waals surface area contributed by atoms with Gasteiger partial charge in [-0.2, -0.15) is 4.98 Å². The molecule has 2 aliphatic rings. The molecule has 0 unspecified atom stereocenters. The standard InChI is InChI=1S/C20H20Cl2FN5O3/c1-27-13-9-24-20(25-17-12(21)8-11(19(30)31)16(23)15(17)22)26-18(13)28(7-6-14(27)29)10-4-2-3-5-10/h8-10H,2-7H2,1H3,(H,30,31)(H,24,25,26). The summed E-state index contributed by atoms with van der Waals surface area (Å²) < 4.78 is 14.4. The van der Waals surface area contributed by atoms with Gasteiger partial charge in [0.2, 0.25) is 11.9 Å². The summed E-state index contributed by atoms with van der Waals surface area (Å²) in [5, 5.41) is 11.3. The largest absolute Gasteiger partial charge is 0.478 e. The van der Waals surface area contributed by atoms with Crippen LogP contribution in [-0.2, 0) is 4.79 Å². The lowest BCUT2D eigenvalue weighted by atomic mass is 10.2. The second-order valence-corrected chi connectivity index (χ2v) is 8.36. The molecule has 0 radical (unpaired) electrons. The molecule has 1 saturated carbocycles. The molecule has 0 saturated heterocycles. The fraction of sp³-hybridized carbons (Fsp3) is 0.400. The van der Waals surface area contributed by atoms with Gasteiger partial charge in [0.1, 0.15) is 10.7 Å². The van der Waals surface area contributed by atoms with E-state index >= 15 is 0 Å². The van der Waals surface area contributed by atoms with E-state index in [1.165, 1.54) is 11.1 Å². The third kappa shape index (κ3) is 3.99. The highest BCUT2D eigenvalue weighted by molar-refractivity contribution is 6.39. The number of hydrogen-bond donors (Lipinski definition) is 2. The van der Waals surface area contributed by atoms with Gasteiger partial charge in [-0.25, -0.2) is 14.2 Å². The van der Waals surface area contributed by atoms with E-state index in [0.29, 0.717) is 24.5 Å². The average molecular weight is 468 g/mol. The van der Waals surface area contributed by atoms with E-state index in [1.807, 2.05) is 0 Å². The summed E-state index contributed by atoms with van der Waals surface area (Å²) in [5.41, 5.74) is -0.0725. The van der Waals surface area contributed by atoms with Gasteiger partial charge in [0, 0.05) is 26.1 Å². The molecule has 4 rings (SSSR count). The number of rotatable bonds is 4. The van der Waals surface area contributed by atoms with E-state index in [-0.39, 0.29) is 28.6 Å². The normalized spacial score (nSPS) is 17.0. The number of nitrogens with one attached hydrogen (secondary N) is 1. The fourth-order valence-electron chi connectivity index (χ4n) is 4.05. The number of carbonyl (C=O) groups excluding carboxylic acids is 1. The molecule has 164 valence electrons. The maximum Gasteiger partial charge on any atom is 0.338 e. The van der Waals surface area contributed by atoms with E-state index in [2.05, 4.69) is 20.2 Å². The van der Waals surface area contributed by atoms with Gasteiger partial charge < -0.3 is 20.2 Å². The number of carboxylic acid groups (broad SMARTS) is 1. The monoisotopic (exact) mass is 467 g/mol. The van der Waals surface area contributed by atoms with Crippen LogP contribution in [0.15, 0.2) is 12.3 Å². The summed E-state index contributed by atoms with van der Waals surface area (Å²) in [6.07, 6.45) is 6.17. The molecule has 1 amide bonds. The minimum Gasteiger partial charge on any atom is -0.478 e. The Hall–Kier alpha value is -2.65. The van der Waals surface area contributed by atoms with E-state index in [9.17, 15) is 14.0 Å². The second kappa shape index (κ2) is 8.47. The zero-order chi connectivity index (χ0) is 22.3. The molecule has 1 fully saturated rings. The minimum atomic E-state index is -1.48. The Kier molecular flexibility index (Phi) is 5.90. The molecule has 1 aliphatic carbocycles. The molecule has 0 spiro atoms. The van der Waals surface area contributed by atoms with Crippen LogP contribution in [0.25, 0.3) is 0 Å². The molecule has 8 nitrogen and oxygen atoms in total. The van der Waals surface area contributed by atoms with E-state index in [1.54, 1.807) is 7.05 Å². The van der Waals surface area contributed by atoms with Crippen molar-refractivity contribution < 1.29 is 19.1 Å². The highest BCUT2D eigenvalue weighted by Crippen LogP contribution is 2.39. The molecule has 2 aromatic rings. The molecule has 2 N–H and O–H groups in total. The predicted octanol–water partition coefficient (Wildman–Crippen LogP) is 4.48. The van der Waals surface area contributed by atoms with Gasteiger partial charge in [-0.05, 0) is 18.9 Å². The quantitative estimate of drug-likeness (QED) is 0.639. The first-order valence-corrected chi connectivity index (χ1v) is 10.6. The lowest BCUT2D eigenvalue weighted by molar-refractivity contribution is -0.118. The highest BCUT2D eigenvalue weighted by atomic mass is 35.5. The number of hydrogen-bond acceptors (Lipinski definition) is 6. The van der Waals surface area contributed by atoms with Crippen LogP contribution in [0, 0.1) is 5.82 Å². The fourth-order valence-corrected chi connectivity index (χ4v) is 4.60. The maximum absolute atomic E-state index is 14.4. The van der Waals surface area contributed by atoms with Crippen LogP contribution < -0.4 is 15.1 Å². The van der Waals surface area contributed by atoms with Gasteiger partial charge in [0.05, 0.1) is 22.5 Å². The number of fused-ring (bicyclic) bond motifs is 1. The van der Waals surface area contributed by atoms with E-state index in [4.69, 9.17) is 28.3 Å². The van der Waals surface area contributed by atoms with Gasteiger partial charge in [-0.15, -0.1) is 0 Å². The zero-order valence-electron chi connectivity index (χ0n) is 16.7. The zero-order valence-corrected chi connectivity index (χ0v) is 18.2. The number of carboxylic acids is 1. The van der Waals surface area contributed by atoms with Crippen LogP contribution >= 0.6 is 23.2 Å². The van der Waals surface area contributed by atoms with Gasteiger partial charge in [0.15, 0.2) is 11.6 Å². The minimum absolute atomic E-state index is 0.0246. The number of aromatic nitrogens is 2. The van der Waals surface area contributed by atoms with Crippen molar-refractivity contribution in [3.05, 3.63) is 33.7 Å². The summed E-state index contributed by atoms with van der Waals surface area (Å²) in [7, 11) is 1.68. The topological polar surface area (TPSA) is 98.7 Å². The Balaban J connectivity index is 1.74. The first kappa shape index (κ1) is 21.6. The first-order chi connectivity index (χ1) is 14.8. The predicted molar refractivity (Wildman–Crippen MR) is 116 cm³/mol. The van der Waals surface area contributed by atoms with Gasteiger partial charge in [0.25, 0.3) is 0 Å². The molecule has 1 aliphatic heterocycles. The van der Waals surface area contributed by atoms with Crippen molar-refractivity contribution in [3.63, 3.8) is 0 Å². The SMILES string of the molecule is CN1C(=O)CCN(C2CCCC2)c2nc(Nc3c(Cl)cc(C(=O)O)c(F)c3Cl)ncc21. The third-order valence-electron chi connectivity index (χ3n) is 5.72. The van der Waals surface area contributed by atoms with Crippen LogP contribution in [0.4, 0.5) is 27.5 Å². The third-order valence-corrected chi connectivity index (χ3v) is 6.37. The summed E-state index contributed by atoms with van der Waals surface area (Å²) in [6, 6.07) is 1.26. The van der Waals surface area contributed by atoms with Crippen molar-refractivity contribution in [1.29, 1.82) is 0 Å². The summed E-state index contributed by atoms with van der Waals surface area (Å²) in [6.45, 7) is 0.542. The van der Waals surface area contributed by atoms with Crippen molar-refractivity contribution in [2.75, 3.05) is 28.7 Å². The number of benzene rings is 1. The number of halogens is 3. The summed E-state index contributed by atoms with van der Waals surface area (Å²) >= 11 is 12.2. The Morgan fingerprint density at radius 2 is 2.03 bits per heavy atom. The average Bonchev–Trinajstić information content (AvgIpc) is 3.24. The number of anilines is 4.